The molecular weight excluding hydrogens is 352 g/mol. The summed E-state index contributed by atoms with van der Waals surface area (Å²) < 4.78 is 6.05. The van der Waals surface area contributed by atoms with E-state index in [1.54, 1.807) is 11.3 Å². The maximum Gasteiger partial charge on any atom is 0.120 e. The summed E-state index contributed by atoms with van der Waals surface area (Å²) in [7, 11) is 0. The minimum absolute atomic E-state index is 0.580. The van der Waals surface area contributed by atoms with Gasteiger partial charge >= 0.3 is 0 Å². The van der Waals surface area contributed by atoms with Crippen molar-refractivity contribution in [2.75, 3.05) is 6.54 Å². The molecule has 138 valence electrons. The maximum atomic E-state index is 6.05. The summed E-state index contributed by atoms with van der Waals surface area (Å²) in [4.78, 5) is 4.90. The highest BCUT2D eigenvalue weighted by molar-refractivity contribution is 7.13. The number of nitrogens with one attached hydrogen (secondary N) is 1. The Morgan fingerprint density at radius 3 is 2.63 bits per heavy atom. The van der Waals surface area contributed by atoms with Crippen LogP contribution >= 0.6 is 11.3 Å². The zero-order chi connectivity index (χ0) is 18.5. The first-order valence-corrected chi connectivity index (χ1v) is 10.3. The van der Waals surface area contributed by atoms with Crippen molar-refractivity contribution in [1.82, 2.24) is 4.98 Å². The first-order valence-electron chi connectivity index (χ1n) is 9.40. The van der Waals surface area contributed by atoms with Crippen molar-refractivity contribution in [1.29, 1.82) is 0 Å². The van der Waals surface area contributed by atoms with Crippen LogP contribution in [0.4, 0.5) is 0 Å². The number of aromatic nitrogens is 1. The predicted octanol–water partition coefficient (Wildman–Crippen LogP) is 5.76. The van der Waals surface area contributed by atoms with E-state index in [4.69, 9.17) is 10.5 Å². The molecule has 0 aliphatic rings. The van der Waals surface area contributed by atoms with Crippen LogP contribution in [0, 0.1) is 0 Å². The molecule has 27 heavy (non-hydrogen) atoms. The number of benzene rings is 2. The van der Waals surface area contributed by atoms with Crippen molar-refractivity contribution < 1.29 is 4.74 Å². The average molecular weight is 377 g/mol. The van der Waals surface area contributed by atoms with Gasteiger partial charge in [0.25, 0.3) is 0 Å². The second-order valence-electron chi connectivity index (χ2n) is 6.68. The number of rotatable bonds is 8. The van der Waals surface area contributed by atoms with Gasteiger partial charge in [-0.15, -0.1) is 11.3 Å². The SMILES string of the molecule is NCCCCc1c(-c2cccs2)[nH]c2ccc(OCc3ccccc3)cc12. The fourth-order valence-corrected chi connectivity index (χ4v) is 4.15. The van der Waals surface area contributed by atoms with Gasteiger partial charge in [-0.3, -0.25) is 0 Å². The van der Waals surface area contributed by atoms with Crippen LogP contribution in [-0.2, 0) is 13.0 Å². The largest absolute Gasteiger partial charge is 0.489 e. The van der Waals surface area contributed by atoms with Crippen LogP contribution in [0.5, 0.6) is 5.75 Å². The van der Waals surface area contributed by atoms with E-state index in [9.17, 15) is 0 Å². The summed E-state index contributed by atoms with van der Waals surface area (Å²) in [5, 5.41) is 3.37. The van der Waals surface area contributed by atoms with Crippen molar-refractivity contribution >= 4 is 22.2 Å². The number of nitrogens with two attached hydrogens (primary N) is 1. The average Bonchev–Trinajstić information content (AvgIpc) is 3.35. The number of fused-ring (bicyclic) bond motifs is 1. The lowest BCUT2D eigenvalue weighted by Crippen LogP contribution is -1.99. The number of ether oxygens (including phenoxy) is 1. The van der Waals surface area contributed by atoms with Crippen LogP contribution in [0.3, 0.4) is 0 Å². The summed E-state index contributed by atoms with van der Waals surface area (Å²) in [6.45, 7) is 1.32. The molecule has 2 aromatic heterocycles. The minimum atomic E-state index is 0.580. The molecule has 0 atom stereocenters. The zero-order valence-corrected chi connectivity index (χ0v) is 16.1. The van der Waals surface area contributed by atoms with Crippen molar-refractivity contribution in [3.05, 3.63) is 77.2 Å². The third-order valence-electron chi connectivity index (χ3n) is 4.77. The van der Waals surface area contributed by atoms with Gasteiger partial charge in [-0.25, -0.2) is 0 Å². The van der Waals surface area contributed by atoms with Gasteiger partial charge in [0.15, 0.2) is 0 Å². The molecule has 0 spiro atoms. The number of hydrogen-bond acceptors (Lipinski definition) is 3. The molecule has 3 nitrogen and oxygen atoms in total. The monoisotopic (exact) mass is 376 g/mol. The van der Waals surface area contributed by atoms with Crippen LogP contribution in [0.25, 0.3) is 21.5 Å². The molecule has 4 aromatic rings. The van der Waals surface area contributed by atoms with E-state index in [0.29, 0.717) is 6.61 Å². The van der Waals surface area contributed by atoms with E-state index in [2.05, 4.69) is 46.8 Å². The lowest BCUT2D eigenvalue weighted by Gasteiger charge is -2.07. The van der Waals surface area contributed by atoms with Gasteiger partial charge in [0.1, 0.15) is 12.4 Å². The fraction of sp³-hybridized carbons (Fsp3) is 0.217. The smallest absolute Gasteiger partial charge is 0.120 e. The van der Waals surface area contributed by atoms with Gasteiger partial charge < -0.3 is 15.5 Å². The lowest BCUT2D eigenvalue weighted by atomic mass is 10.0. The number of aryl methyl sites for hydroxylation is 1. The maximum absolute atomic E-state index is 6.05. The normalized spacial score (nSPS) is 11.1. The highest BCUT2D eigenvalue weighted by atomic mass is 32.1. The Labute approximate surface area is 163 Å². The Balaban J connectivity index is 1.65. The standard InChI is InChI=1S/C23H24N2OS/c24-13-5-4-9-19-20-15-18(26-16-17-7-2-1-3-8-17)11-12-21(20)25-23(19)22-10-6-14-27-22/h1-3,6-8,10-12,14-15,25H,4-5,9,13,16,24H2. The molecule has 0 radical (unpaired) electrons. The number of thiophene rings is 1. The van der Waals surface area contributed by atoms with E-state index in [0.717, 1.165) is 37.1 Å². The van der Waals surface area contributed by atoms with Gasteiger partial charge in [-0.05, 0) is 66.6 Å². The van der Waals surface area contributed by atoms with E-state index in [1.807, 2.05) is 24.3 Å². The number of unbranched alkanes of at least 4 members (excludes halogenated alkanes) is 1. The molecule has 2 aromatic carbocycles. The third kappa shape index (κ3) is 4.07. The topological polar surface area (TPSA) is 51.0 Å². The van der Waals surface area contributed by atoms with Crippen molar-refractivity contribution in [3.63, 3.8) is 0 Å². The molecule has 0 saturated heterocycles. The van der Waals surface area contributed by atoms with Crippen LogP contribution < -0.4 is 10.5 Å². The second kappa shape index (κ2) is 8.42. The van der Waals surface area contributed by atoms with Gasteiger partial charge in [-0.1, -0.05) is 36.4 Å². The number of H-pyrrole nitrogens is 1. The van der Waals surface area contributed by atoms with E-state index in [1.165, 1.54) is 27.1 Å². The first kappa shape index (κ1) is 17.8. The predicted molar refractivity (Wildman–Crippen MR) is 114 cm³/mol. The molecule has 2 heterocycles. The molecule has 3 N–H and O–H groups in total. The number of aromatic amines is 1. The fourth-order valence-electron chi connectivity index (χ4n) is 3.39. The van der Waals surface area contributed by atoms with Gasteiger partial charge in [0, 0.05) is 10.9 Å². The molecule has 0 aliphatic carbocycles. The summed E-state index contributed by atoms with van der Waals surface area (Å²) in [6.07, 6.45) is 3.16. The lowest BCUT2D eigenvalue weighted by molar-refractivity contribution is 0.306. The first-order chi connectivity index (χ1) is 13.3. The van der Waals surface area contributed by atoms with Crippen LogP contribution in [-0.4, -0.2) is 11.5 Å². The van der Waals surface area contributed by atoms with Crippen molar-refractivity contribution in [3.8, 4) is 16.3 Å². The minimum Gasteiger partial charge on any atom is -0.489 e. The van der Waals surface area contributed by atoms with Gasteiger partial charge in [0.2, 0.25) is 0 Å². The quantitative estimate of drug-likeness (QED) is 0.384. The highest BCUT2D eigenvalue weighted by Crippen LogP contribution is 2.35. The Hall–Kier alpha value is -2.56. The van der Waals surface area contributed by atoms with Crippen LogP contribution in [0.15, 0.2) is 66.0 Å². The van der Waals surface area contributed by atoms with E-state index in [-0.39, 0.29) is 0 Å². The van der Waals surface area contributed by atoms with Crippen molar-refractivity contribution in [2.24, 2.45) is 5.73 Å². The molecule has 0 aliphatic heterocycles. The molecule has 4 rings (SSSR count). The van der Waals surface area contributed by atoms with E-state index < -0.39 is 0 Å². The van der Waals surface area contributed by atoms with Gasteiger partial charge in [-0.2, -0.15) is 0 Å². The highest BCUT2D eigenvalue weighted by Gasteiger charge is 2.14. The summed E-state index contributed by atoms with van der Waals surface area (Å²) in [6, 6.07) is 20.9. The van der Waals surface area contributed by atoms with Gasteiger partial charge in [0.05, 0.1) is 10.6 Å². The van der Waals surface area contributed by atoms with Crippen LogP contribution in [0.2, 0.25) is 0 Å². The molecule has 4 heteroatoms. The molecular formula is C23H24N2OS. The Kier molecular flexibility index (Phi) is 5.56. The van der Waals surface area contributed by atoms with Crippen LogP contribution in [0.1, 0.15) is 24.0 Å². The Morgan fingerprint density at radius 1 is 0.963 bits per heavy atom. The molecule has 0 fully saturated rings. The summed E-state index contributed by atoms with van der Waals surface area (Å²) in [5.74, 6) is 0.906. The Morgan fingerprint density at radius 2 is 1.85 bits per heavy atom. The second-order valence-corrected chi connectivity index (χ2v) is 7.63. The third-order valence-corrected chi connectivity index (χ3v) is 5.66. The molecule has 0 unspecified atom stereocenters. The van der Waals surface area contributed by atoms with Crippen molar-refractivity contribution in [2.45, 2.75) is 25.9 Å². The molecule has 0 bridgehead atoms. The summed E-state index contributed by atoms with van der Waals surface area (Å²) in [5.41, 5.74) is 10.6. The summed E-state index contributed by atoms with van der Waals surface area (Å²) >= 11 is 1.77. The van der Waals surface area contributed by atoms with E-state index >= 15 is 0 Å². The molecule has 0 amide bonds. The Bertz CT molecular complexity index is 990. The number of hydrogen-bond donors (Lipinski definition) is 2. The molecule has 0 saturated carbocycles. The zero-order valence-electron chi connectivity index (χ0n) is 15.3.